The summed E-state index contributed by atoms with van der Waals surface area (Å²) in [6, 6.07) is 9.18. The lowest BCUT2D eigenvalue weighted by Gasteiger charge is -2.06. The van der Waals surface area contributed by atoms with Crippen molar-refractivity contribution in [2.75, 3.05) is 7.11 Å². The van der Waals surface area contributed by atoms with Crippen LogP contribution in [0.15, 0.2) is 36.5 Å². The van der Waals surface area contributed by atoms with Crippen LogP contribution in [0.2, 0.25) is 0 Å². The van der Waals surface area contributed by atoms with Gasteiger partial charge >= 0.3 is 0 Å². The molecular formula is C12H12N2O2. The second-order valence-electron chi connectivity index (χ2n) is 3.35. The van der Waals surface area contributed by atoms with Crippen molar-refractivity contribution in [2.45, 2.75) is 6.54 Å². The maximum absolute atomic E-state index is 10.7. The van der Waals surface area contributed by atoms with Crippen LogP contribution in [0.3, 0.4) is 0 Å². The summed E-state index contributed by atoms with van der Waals surface area (Å²) in [6.45, 7) is 0.568. The molecule has 0 aliphatic carbocycles. The normalized spacial score (nSPS) is 10.1. The van der Waals surface area contributed by atoms with Gasteiger partial charge in [-0.1, -0.05) is 6.07 Å². The third-order valence-electron chi connectivity index (χ3n) is 2.31. The first-order chi connectivity index (χ1) is 7.83. The highest BCUT2D eigenvalue weighted by atomic mass is 16.5. The number of pyridine rings is 1. The van der Waals surface area contributed by atoms with Gasteiger partial charge in [-0.25, -0.2) is 4.98 Å². The molecule has 4 heteroatoms. The van der Waals surface area contributed by atoms with Crippen molar-refractivity contribution in [1.29, 1.82) is 0 Å². The zero-order valence-corrected chi connectivity index (χ0v) is 8.96. The van der Waals surface area contributed by atoms with Gasteiger partial charge in [0.2, 0.25) is 5.88 Å². The van der Waals surface area contributed by atoms with E-state index in [1.807, 2.05) is 29.0 Å². The first-order valence-electron chi connectivity index (χ1n) is 4.93. The van der Waals surface area contributed by atoms with Gasteiger partial charge < -0.3 is 9.30 Å². The van der Waals surface area contributed by atoms with Crippen LogP contribution in [0.4, 0.5) is 0 Å². The Morgan fingerprint density at radius 2 is 2.25 bits per heavy atom. The van der Waals surface area contributed by atoms with Gasteiger partial charge in [-0.05, 0) is 18.2 Å². The van der Waals surface area contributed by atoms with Crippen molar-refractivity contribution >= 4 is 6.29 Å². The molecule has 0 atom stereocenters. The SMILES string of the molecule is COc1cccc(Cn2cccc2C=O)n1. The predicted octanol–water partition coefficient (Wildman–Crippen LogP) is 1.75. The fourth-order valence-corrected chi connectivity index (χ4v) is 1.51. The van der Waals surface area contributed by atoms with E-state index >= 15 is 0 Å². The third kappa shape index (κ3) is 2.11. The largest absolute Gasteiger partial charge is 0.481 e. The molecule has 2 aromatic heterocycles. The predicted molar refractivity (Wildman–Crippen MR) is 59.7 cm³/mol. The van der Waals surface area contributed by atoms with Crippen molar-refractivity contribution in [3.8, 4) is 5.88 Å². The molecule has 0 fully saturated rings. The topological polar surface area (TPSA) is 44.1 Å². The Morgan fingerprint density at radius 1 is 1.38 bits per heavy atom. The number of hydrogen-bond donors (Lipinski definition) is 0. The fourth-order valence-electron chi connectivity index (χ4n) is 1.51. The van der Waals surface area contributed by atoms with Gasteiger partial charge in [-0.3, -0.25) is 4.79 Å². The minimum atomic E-state index is 0.568. The standard InChI is InChI=1S/C12H12N2O2/c1-16-12-6-2-4-10(13-12)8-14-7-3-5-11(14)9-15/h2-7,9H,8H2,1H3. The summed E-state index contributed by atoms with van der Waals surface area (Å²) >= 11 is 0. The molecular weight excluding hydrogens is 204 g/mol. The number of aldehydes is 1. The number of carbonyl (C=O) groups excluding carboxylic acids is 1. The molecule has 82 valence electrons. The smallest absolute Gasteiger partial charge is 0.213 e. The van der Waals surface area contributed by atoms with Crippen molar-refractivity contribution in [2.24, 2.45) is 0 Å². The molecule has 0 saturated heterocycles. The molecule has 0 amide bonds. The van der Waals surface area contributed by atoms with E-state index in [4.69, 9.17) is 4.74 Å². The highest BCUT2D eigenvalue weighted by Gasteiger charge is 2.02. The van der Waals surface area contributed by atoms with Gasteiger partial charge in [0.15, 0.2) is 6.29 Å². The fraction of sp³-hybridized carbons (Fsp3) is 0.167. The average molecular weight is 216 g/mol. The van der Waals surface area contributed by atoms with E-state index in [2.05, 4.69) is 4.98 Å². The number of rotatable bonds is 4. The Balaban J connectivity index is 2.23. The molecule has 0 N–H and O–H groups in total. The van der Waals surface area contributed by atoms with Gasteiger partial charge in [0.25, 0.3) is 0 Å². The van der Waals surface area contributed by atoms with Crippen LogP contribution in [0.5, 0.6) is 5.88 Å². The Kier molecular flexibility index (Phi) is 3.00. The van der Waals surface area contributed by atoms with Crippen LogP contribution in [0.25, 0.3) is 0 Å². The van der Waals surface area contributed by atoms with Gasteiger partial charge in [0, 0.05) is 12.3 Å². The van der Waals surface area contributed by atoms with E-state index in [9.17, 15) is 4.79 Å². The van der Waals surface area contributed by atoms with Crippen LogP contribution in [-0.4, -0.2) is 22.9 Å². The summed E-state index contributed by atoms with van der Waals surface area (Å²) in [5.41, 5.74) is 1.50. The number of hydrogen-bond acceptors (Lipinski definition) is 3. The van der Waals surface area contributed by atoms with E-state index < -0.39 is 0 Å². The summed E-state index contributed by atoms with van der Waals surface area (Å²) in [7, 11) is 1.58. The number of methoxy groups -OCH3 is 1. The molecule has 2 heterocycles. The minimum absolute atomic E-state index is 0.568. The zero-order chi connectivity index (χ0) is 11.4. The average Bonchev–Trinajstić information content (AvgIpc) is 2.76. The molecule has 0 radical (unpaired) electrons. The van der Waals surface area contributed by atoms with E-state index in [-0.39, 0.29) is 0 Å². The molecule has 0 aliphatic rings. The summed E-state index contributed by atoms with van der Waals surface area (Å²) in [5, 5.41) is 0. The lowest BCUT2D eigenvalue weighted by molar-refractivity contribution is 0.111. The van der Waals surface area contributed by atoms with Crippen molar-refractivity contribution in [3.05, 3.63) is 47.9 Å². The monoisotopic (exact) mass is 216 g/mol. The van der Waals surface area contributed by atoms with E-state index in [0.29, 0.717) is 18.1 Å². The van der Waals surface area contributed by atoms with Crippen molar-refractivity contribution in [1.82, 2.24) is 9.55 Å². The van der Waals surface area contributed by atoms with Crippen LogP contribution in [-0.2, 0) is 6.54 Å². The lowest BCUT2D eigenvalue weighted by Crippen LogP contribution is -2.04. The second kappa shape index (κ2) is 4.61. The molecule has 2 rings (SSSR count). The molecule has 2 aromatic rings. The molecule has 0 saturated carbocycles. The van der Waals surface area contributed by atoms with Gasteiger partial charge in [0.1, 0.15) is 0 Å². The molecule has 0 spiro atoms. The number of aromatic nitrogens is 2. The number of carbonyl (C=O) groups is 1. The van der Waals surface area contributed by atoms with Gasteiger partial charge in [-0.2, -0.15) is 0 Å². The van der Waals surface area contributed by atoms with E-state index in [1.54, 1.807) is 19.2 Å². The van der Waals surface area contributed by atoms with Crippen LogP contribution >= 0.6 is 0 Å². The third-order valence-corrected chi connectivity index (χ3v) is 2.31. The van der Waals surface area contributed by atoms with Crippen LogP contribution in [0, 0.1) is 0 Å². The molecule has 0 aliphatic heterocycles. The number of nitrogens with zero attached hydrogens (tertiary/aromatic N) is 2. The van der Waals surface area contributed by atoms with Gasteiger partial charge in [-0.15, -0.1) is 0 Å². The maximum atomic E-state index is 10.7. The summed E-state index contributed by atoms with van der Waals surface area (Å²) in [6.07, 6.45) is 2.69. The molecule has 4 nitrogen and oxygen atoms in total. The Labute approximate surface area is 93.5 Å². The Bertz CT molecular complexity index is 491. The highest BCUT2D eigenvalue weighted by molar-refractivity contribution is 5.72. The van der Waals surface area contributed by atoms with Crippen LogP contribution in [0.1, 0.15) is 16.2 Å². The van der Waals surface area contributed by atoms with E-state index in [1.165, 1.54) is 0 Å². The molecule has 0 bridgehead atoms. The first-order valence-corrected chi connectivity index (χ1v) is 4.93. The zero-order valence-electron chi connectivity index (χ0n) is 8.96. The highest BCUT2D eigenvalue weighted by Crippen LogP contribution is 2.09. The quantitative estimate of drug-likeness (QED) is 0.731. The Hall–Kier alpha value is -2.10. The van der Waals surface area contributed by atoms with Crippen LogP contribution < -0.4 is 4.74 Å². The maximum Gasteiger partial charge on any atom is 0.213 e. The minimum Gasteiger partial charge on any atom is -0.481 e. The van der Waals surface area contributed by atoms with Crippen molar-refractivity contribution < 1.29 is 9.53 Å². The van der Waals surface area contributed by atoms with Crippen molar-refractivity contribution in [3.63, 3.8) is 0 Å². The molecule has 0 aromatic carbocycles. The summed E-state index contributed by atoms with van der Waals surface area (Å²) in [5.74, 6) is 0.581. The summed E-state index contributed by atoms with van der Waals surface area (Å²) in [4.78, 5) is 15.0. The van der Waals surface area contributed by atoms with Gasteiger partial charge in [0.05, 0.1) is 25.0 Å². The second-order valence-corrected chi connectivity index (χ2v) is 3.35. The number of ether oxygens (including phenoxy) is 1. The summed E-state index contributed by atoms with van der Waals surface area (Å²) < 4.78 is 6.88. The first kappa shape index (κ1) is 10.4. The van der Waals surface area contributed by atoms with E-state index in [0.717, 1.165) is 12.0 Å². The lowest BCUT2D eigenvalue weighted by atomic mass is 10.3. The Morgan fingerprint density at radius 3 is 3.00 bits per heavy atom. The molecule has 16 heavy (non-hydrogen) atoms. The molecule has 0 unspecified atom stereocenters.